The molecule has 0 aromatic carbocycles. The van der Waals surface area contributed by atoms with E-state index in [0.29, 0.717) is 6.04 Å². The second kappa shape index (κ2) is 9.71. The summed E-state index contributed by atoms with van der Waals surface area (Å²) in [5.74, 6) is -1.31. The number of piperidine rings is 1. The second-order valence-electron chi connectivity index (χ2n) is 7.57. The molecule has 3 atom stereocenters. The molecule has 2 unspecified atom stereocenters. The van der Waals surface area contributed by atoms with Gasteiger partial charge in [-0.25, -0.2) is 4.79 Å². The summed E-state index contributed by atoms with van der Waals surface area (Å²) in [5.41, 5.74) is 0.199. The summed E-state index contributed by atoms with van der Waals surface area (Å²) in [4.78, 5) is 39.6. The molecular weight excluding hydrogens is 334 g/mol. The van der Waals surface area contributed by atoms with Gasteiger partial charge in [0.1, 0.15) is 0 Å². The highest BCUT2D eigenvalue weighted by atomic mass is 16.4. The molecular formula is C19H33N3O4. The molecule has 7 heteroatoms. The SMILES string of the molecule is CC(=C[C@H](C(C)C)N(C)C(=O)CNC(=O)C1CCCC(C)N1C)C(=O)O. The molecule has 1 aliphatic heterocycles. The molecule has 7 nitrogen and oxygen atoms in total. The Morgan fingerprint density at radius 2 is 1.92 bits per heavy atom. The molecule has 0 aliphatic carbocycles. The lowest BCUT2D eigenvalue weighted by Gasteiger charge is -2.37. The van der Waals surface area contributed by atoms with Gasteiger partial charge >= 0.3 is 5.97 Å². The number of rotatable bonds is 7. The van der Waals surface area contributed by atoms with Gasteiger partial charge < -0.3 is 15.3 Å². The van der Waals surface area contributed by atoms with Gasteiger partial charge in [-0.3, -0.25) is 14.5 Å². The van der Waals surface area contributed by atoms with E-state index in [1.165, 1.54) is 11.8 Å². The quantitative estimate of drug-likeness (QED) is 0.666. The first-order valence-corrected chi connectivity index (χ1v) is 9.23. The number of carbonyl (C=O) groups excluding carboxylic acids is 2. The second-order valence-corrected chi connectivity index (χ2v) is 7.57. The number of aliphatic carboxylic acids is 1. The minimum Gasteiger partial charge on any atom is -0.478 e. The van der Waals surface area contributed by atoms with Crippen LogP contribution < -0.4 is 5.32 Å². The molecule has 1 saturated heterocycles. The summed E-state index contributed by atoms with van der Waals surface area (Å²) >= 11 is 0. The van der Waals surface area contributed by atoms with Crippen LogP contribution in [0.25, 0.3) is 0 Å². The van der Waals surface area contributed by atoms with Crippen molar-refractivity contribution in [3.8, 4) is 0 Å². The van der Waals surface area contributed by atoms with Crippen LogP contribution in [0.1, 0.15) is 47.0 Å². The molecule has 0 aromatic rings. The lowest BCUT2D eigenvalue weighted by molar-refractivity contribution is -0.135. The van der Waals surface area contributed by atoms with Crippen LogP contribution in [-0.2, 0) is 14.4 Å². The first-order valence-electron chi connectivity index (χ1n) is 9.23. The number of carboxylic acids is 1. The van der Waals surface area contributed by atoms with Crippen LogP contribution >= 0.6 is 0 Å². The number of hydrogen-bond acceptors (Lipinski definition) is 4. The van der Waals surface area contributed by atoms with Crippen LogP contribution in [0, 0.1) is 5.92 Å². The fraction of sp³-hybridized carbons (Fsp3) is 0.737. The van der Waals surface area contributed by atoms with Crippen molar-refractivity contribution in [2.24, 2.45) is 5.92 Å². The third kappa shape index (κ3) is 5.83. The Kier molecular flexibility index (Phi) is 8.27. The van der Waals surface area contributed by atoms with E-state index in [9.17, 15) is 14.4 Å². The van der Waals surface area contributed by atoms with Crippen molar-refractivity contribution in [2.75, 3.05) is 20.6 Å². The maximum atomic E-state index is 12.5. The molecule has 0 radical (unpaired) electrons. The predicted molar refractivity (Wildman–Crippen MR) is 101 cm³/mol. The fourth-order valence-corrected chi connectivity index (χ4v) is 3.29. The van der Waals surface area contributed by atoms with Crippen LogP contribution in [0.5, 0.6) is 0 Å². The maximum Gasteiger partial charge on any atom is 0.331 e. The van der Waals surface area contributed by atoms with Gasteiger partial charge in [0, 0.05) is 18.7 Å². The van der Waals surface area contributed by atoms with Gasteiger partial charge in [-0.15, -0.1) is 0 Å². The van der Waals surface area contributed by atoms with Gasteiger partial charge in [-0.1, -0.05) is 19.9 Å². The Balaban J connectivity index is 2.68. The van der Waals surface area contributed by atoms with Crippen molar-refractivity contribution in [2.45, 2.75) is 65.1 Å². The molecule has 2 N–H and O–H groups in total. The lowest BCUT2D eigenvalue weighted by atomic mass is 9.97. The van der Waals surface area contributed by atoms with E-state index >= 15 is 0 Å². The highest BCUT2D eigenvalue weighted by molar-refractivity contribution is 5.88. The van der Waals surface area contributed by atoms with Crippen LogP contribution in [0.15, 0.2) is 11.6 Å². The van der Waals surface area contributed by atoms with E-state index < -0.39 is 5.97 Å². The number of nitrogens with one attached hydrogen (secondary N) is 1. The largest absolute Gasteiger partial charge is 0.478 e. The fourth-order valence-electron chi connectivity index (χ4n) is 3.29. The lowest BCUT2D eigenvalue weighted by Crippen LogP contribution is -2.53. The number of amides is 2. The Bertz CT molecular complexity index is 559. The molecule has 0 spiro atoms. The standard InChI is InChI=1S/C19H33N3O4/c1-12(2)16(10-13(3)19(25)26)22(6)17(23)11-20-18(24)15-9-7-8-14(4)21(15)5/h10,12,14-16H,7-9,11H2,1-6H3,(H,20,24)(H,25,26)/t14?,15?,16-/m1/s1. The molecule has 1 fully saturated rings. The Morgan fingerprint density at radius 1 is 1.31 bits per heavy atom. The third-order valence-corrected chi connectivity index (χ3v) is 5.28. The van der Waals surface area contributed by atoms with Crippen LogP contribution in [-0.4, -0.2) is 71.5 Å². The van der Waals surface area contributed by atoms with E-state index in [-0.39, 0.29) is 41.9 Å². The van der Waals surface area contributed by atoms with Gasteiger partial charge in [0.15, 0.2) is 0 Å². The van der Waals surface area contributed by atoms with E-state index in [2.05, 4.69) is 17.1 Å². The summed E-state index contributed by atoms with van der Waals surface area (Å²) in [6.45, 7) is 7.38. The number of hydrogen-bond donors (Lipinski definition) is 2. The zero-order valence-corrected chi connectivity index (χ0v) is 16.8. The third-order valence-electron chi connectivity index (χ3n) is 5.28. The number of carboxylic acid groups (broad SMARTS) is 1. The molecule has 0 bridgehead atoms. The molecule has 0 aromatic heterocycles. The van der Waals surface area contributed by atoms with Crippen molar-refractivity contribution < 1.29 is 19.5 Å². The number of likely N-dealkylation sites (N-methyl/N-ethyl adjacent to an activating group) is 2. The van der Waals surface area contributed by atoms with Gasteiger partial charge in [0.2, 0.25) is 11.8 Å². The number of carbonyl (C=O) groups is 3. The highest BCUT2D eigenvalue weighted by Gasteiger charge is 2.30. The first-order chi connectivity index (χ1) is 12.1. The molecule has 148 valence electrons. The van der Waals surface area contributed by atoms with Crippen molar-refractivity contribution in [1.29, 1.82) is 0 Å². The number of nitrogens with zero attached hydrogens (tertiary/aromatic N) is 2. The summed E-state index contributed by atoms with van der Waals surface area (Å²) in [5, 5.41) is 11.8. The van der Waals surface area contributed by atoms with Gasteiger partial charge in [0.05, 0.1) is 18.6 Å². The van der Waals surface area contributed by atoms with E-state index in [1.54, 1.807) is 13.1 Å². The van der Waals surface area contributed by atoms with Crippen molar-refractivity contribution in [3.05, 3.63) is 11.6 Å². The number of likely N-dealkylation sites (tertiary alicyclic amines) is 1. The zero-order valence-electron chi connectivity index (χ0n) is 16.8. The molecule has 1 aliphatic rings. The Labute approximate surface area is 156 Å². The average Bonchev–Trinajstić information content (AvgIpc) is 2.58. The van der Waals surface area contributed by atoms with Crippen molar-refractivity contribution in [1.82, 2.24) is 15.1 Å². The van der Waals surface area contributed by atoms with E-state index in [4.69, 9.17) is 5.11 Å². The summed E-state index contributed by atoms with van der Waals surface area (Å²) in [6, 6.07) is -0.188. The average molecular weight is 367 g/mol. The van der Waals surface area contributed by atoms with Crippen LogP contribution in [0.4, 0.5) is 0 Å². The normalized spacial score (nSPS) is 22.8. The highest BCUT2D eigenvalue weighted by Crippen LogP contribution is 2.21. The Hall–Kier alpha value is -1.89. The van der Waals surface area contributed by atoms with E-state index in [0.717, 1.165) is 19.3 Å². The van der Waals surface area contributed by atoms with Gasteiger partial charge in [-0.05, 0) is 46.1 Å². The summed E-state index contributed by atoms with van der Waals surface area (Å²) in [6.07, 6.45) is 4.47. The first kappa shape index (κ1) is 22.2. The monoisotopic (exact) mass is 367 g/mol. The molecule has 1 rings (SSSR count). The summed E-state index contributed by atoms with van der Waals surface area (Å²) < 4.78 is 0. The predicted octanol–water partition coefficient (Wildman–Crippen LogP) is 1.49. The van der Waals surface area contributed by atoms with E-state index in [1.807, 2.05) is 20.9 Å². The smallest absolute Gasteiger partial charge is 0.331 e. The molecule has 1 heterocycles. The molecule has 0 saturated carbocycles. The Morgan fingerprint density at radius 3 is 2.46 bits per heavy atom. The maximum absolute atomic E-state index is 12.5. The van der Waals surface area contributed by atoms with Crippen molar-refractivity contribution in [3.63, 3.8) is 0 Å². The van der Waals surface area contributed by atoms with Gasteiger partial charge in [0.25, 0.3) is 0 Å². The minimum atomic E-state index is -1.00. The minimum absolute atomic E-state index is 0.0549. The summed E-state index contributed by atoms with van der Waals surface area (Å²) in [7, 11) is 3.58. The van der Waals surface area contributed by atoms with Crippen LogP contribution in [0.3, 0.4) is 0 Å². The molecule has 26 heavy (non-hydrogen) atoms. The molecule has 2 amide bonds. The topological polar surface area (TPSA) is 90.0 Å². The van der Waals surface area contributed by atoms with Crippen LogP contribution in [0.2, 0.25) is 0 Å². The zero-order chi connectivity index (χ0) is 20.0. The van der Waals surface area contributed by atoms with Gasteiger partial charge in [-0.2, -0.15) is 0 Å². The van der Waals surface area contributed by atoms with Crippen molar-refractivity contribution >= 4 is 17.8 Å².